The molecule has 0 aliphatic rings. The fraction of sp³-hybridized carbons (Fsp3) is 0.304. The third-order valence-corrected chi connectivity index (χ3v) is 5.43. The van der Waals surface area contributed by atoms with E-state index < -0.39 is 11.2 Å². The van der Waals surface area contributed by atoms with Crippen LogP contribution in [0.3, 0.4) is 0 Å². The van der Waals surface area contributed by atoms with E-state index in [0.29, 0.717) is 29.2 Å². The smallest absolute Gasteiger partial charge is 0.332 e. The van der Waals surface area contributed by atoms with E-state index in [4.69, 9.17) is 4.42 Å². The molecule has 0 aliphatic heterocycles. The summed E-state index contributed by atoms with van der Waals surface area (Å²) in [5.74, 6) is 0.0984. The second-order valence-electron chi connectivity index (χ2n) is 7.80. The SMILES string of the molecule is CCn1nc(C)c2c1c(=O)n(Cc1ccco1)c(=O)n2CC(=O)Nc1ccc(C)cc1C. The van der Waals surface area contributed by atoms with E-state index in [1.54, 1.807) is 23.7 Å². The number of benzene rings is 1. The molecule has 3 aromatic heterocycles. The largest absolute Gasteiger partial charge is 0.467 e. The Morgan fingerprint density at radius 2 is 1.88 bits per heavy atom. The molecule has 0 aliphatic carbocycles. The Kier molecular flexibility index (Phi) is 5.56. The molecule has 1 amide bonds. The first-order chi connectivity index (χ1) is 15.3. The highest BCUT2D eigenvalue weighted by atomic mass is 16.3. The quantitative estimate of drug-likeness (QED) is 0.501. The maximum atomic E-state index is 13.3. The number of nitrogens with zero attached hydrogens (tertiary/aromatic N) is 4. The van der Waals surface area contributed by atoms with E-state index in [2.05, 4.69) is 10.4 Å². The summed E-state index contributed by atoms with van der Waals surface area (Å²) in [6.45, 7) is 7.64. The molecule has 1 aromatic carbocycles. The Morgan fingerprint density at radius 3 is 2.53 bits per heavy atom. The summed E-state index contributed by atoms with van der Waals surface area (Å²) in [6.07, 6.45) is 1.48. The number of anilines is 1. The molecule has 4 rings (SSSR count). The van der Waals surface area contributed by atoms with Gasteiger partial charge in [0.05, 0.1) is 18.5 Å². The molecule has 0 bridgehead atoms. The van der Waals surface area contributed by atoms with E-state index in [-0.39, 0.29) is 24.5 Å². The molecule has 0 radical (unpaired) electrons. The van der Waals surface area contributed by atoms with Crippen LogP contribution in [0.4, 0.5) is 5.69 Å². The Morgan fingerprint density at radius 1 is 1.09 bits per heavy atom. The van der Waals surface area contributed by atoms with Crippen LogP contribution in [-0.2, 0) is 24.4 Å². The zero-order valence-electron chi connectivity index (χ0n) is 18.5. The van der Waals surface area contributed by atoms with Gasteiger partial charge < -0.3 is 9.73 Å². The van der Waals surface area contributed by atoms with Gasteiger partial charge in [0.15, 0.2) is 5.52 Å². The minimum absolute atomic E-state index is 0.0345. The predicted molar refractivity (Wildman–Crippen MR) is 121 cm³/mol. The van der Waals surface area contributed by atoms with Crippen molar-refractivity contribution < 1.29 is 9.21 Å². The molecule has 0 atom stereocenters. The molecular formula is C23H25N5O4. The number of hydrogen-bond donors (Lipinski definition) is 1. The van der Waals surface area contributed by atoms with Crippen LogP contribution in [0, 0.1) is 20.8 Å². The van der Waals surface area contributed by atoms with Gasteiger partial charge >= 0.3 is 5.69 Å². The number of hydrogen-bond acceptors (Lipinski definition) is 5. The predicted octanol–water partition coefficient (Wildman–Crippen LogP) is 2.58. The molecule has 9 nitrogen and oxygen atoms in total. The van der Waals surface area contributed by atoms with E-state index in [1.807, 2.05) is 39.0 Å². The summed E-state index contributed by atoms with van der Waals surface area (Å²) in [4.78, 5) is 39.5. The van der Waals surface area contributed by atoms with Crippen LogP contribution >= 0.6 is 0 Å². The van der Waals surface area contributed by atoms with Crippen molar-refractivity contribution in [2.45, 2.75) is 47.3 Å². The minimum atomic E-state index is -0.589. The molecule has 32 heavy (non-hydrogen) atoms. The first-order valence-electron chi connectivity index (χ1n) is 10.4. The summed E-state index contributed by atoms with van der Waals surface area (Å²) in [5.41, 5.74) is 2.81. The number of amides is 1. The fourth-order valence-electron chi connectivity index (χ4n) is 3.92. The van der Waals surface area contributed by atoms with Gasteiger partial charge in [-0.2, -0.15) is 5.10 Å². The standard InChI is InChI=1S/C23H25N5O4/c1-5-28-21-20(16(4)25-28)26(13-19(29)24-18-9-8-14(2)11-15(18)3)23(31)27(22(21)30)12-17-7-6-10-32-17/h6-11H,5,12-13H2,1-4H3,(H,24,29). The highest BCUT2D eigenvalue weighted by molar-refractivity contribution is 5.92. The summed E-state index contributed by atoms with van der Waals surface area (Å²) >= 11 is 0. The zero-order valence-corrected chi connectivity index (χ0v) is 18.5. The number of aryl methyl sites for hydroxylation is 4. The average Bonchev–Trinajstić information content (AvgIpc) is 3.38. The summed E-state index contributed by atoms with van der Waals surface area (Å²) in [6, 6.07) is 9.09. The maximum Gasteiger partial charge on any atom is 0.332 e. The van der Waals surface area contributed by atoms with Gasteiger partial charge in [0.1, 0.15) is 17.8 Å². The van der Waals surface area contributed by atoms with Gasteiger partial charge in [-0.05, 0) is 51.5 Å². The van der Waals surface area contributed by atoms with Crippen LogP contribution in [0.5, 0.6) is 0 Å². The number of furan rings is 1. The monoisotopic (exact) mass is 435 g/mol. The van der Waals surface area contributed by atoms with Crippen molar-refractivity contribution in [3.05, 3.63) is 80.0 Å². The van der Waals surface area contributed by atoms with Crippen LogP contribution in [0.15, 0.2) is 50.6 Å². The van der Waals surface area contributed by atoms with Crippen LogP contribution in [0.25, 0.3) is 11.0 Å². The van der Waals surface area contributed by atoms with Crippen molar-refractivity contribution in [3.8, 4) is 0 Å². The van der Waals surface area contributed by atoms with Crippen LogP contribution < -0.4 is 16.6 Å². The third kappa shape index (κ3) is 3.77. The van der Waals surface area contributed by atoms with Gasteiger partial charge in [-0.15, -0.1) is 0 Å². The summed E-state index contributed by atoms with van der Waals surface area (Å²) < 4.78 is 9.29. The Labute approximate surface area is 183 Å². The van der Waals surface area contributed by atoms with Crippen molar-refractivity contribution >= 4 is 22.6 Å². The average molecular weight is 435 g/mol. The van der Waals surface area contributed by atoms with Crippen molar-refractivity contribution in [2.75, 3.05) is 5.32 Å². The van der Waals surface area contributed by atoms with Crippen LogP contribution in [0.1, 0.15) is 29.5 Å². The van der Waals surface area contributed by atoms with Gasteiger partial charge in [-0.3, -0.25) is 23.4 Å². The van der Waals surface area contributed by atoms with E-state index >= 15 is 0 Å². The van der Waals surface area contributed by atoms with Crippen molar-refractivity contribution in [1.29, 1.82) is 0 Å². The lowest BCUT2D eigenvalue weighted by molar-refractivity contribution is -0.116. The normalized spacial score (nSPS) is 11.2. The molecule has 0 saturated carbocycles. The lowest BCUT2D eigenvalue weighted by atomic mass is 10.1. The van der Waals surface area contributed by atoms with Gasteiger partial charge in [0.25, 0.3) is 5.56 Å². The highest BCUT2D eigenvalue weighted by Crippen LogP contribution is 2.17. The number of nitrogens with one attached hydrogen (secondary N) is 1. The molecule has 0 unspecified atom stereocenters. The van der Waals surface area contributed by atoms with Crippen molar-refractivity contribution in [1.82, 2.24) is 18.9 Å². The van der Waals surface area contributed by atoms with E-state index in [0.717, 1.165) is 15.7 Å². The lowest BCUT2D eigenvalue weighted by Crippen LogP contribution is -2.42. The first kappa shape index (κ1) is 21.4. The van der Waals surface area contributed by atoms with Crippen LogP contribution in [-0.4, -0.2) is 24.8 Å². The minimum Gasteiger partial charge on any atom is -0.467 e. The Bertz CT molecular complexity index is 1420. The number of carbonyl (C=O) groups excluding carboxylic acids is 1. The number of rotatable bonds is 6. The molecule has 1 N–H and O–H groups in total. The molecule has 9 heteroatoms. The summed E-state index contributed by atoms with van der Waals surface area (Å²) in [5, 5.41) is 7.28. The van der Waals surface area contributed by atoms with Gasteiger partial charge in [-0.25, -0.2) is 4.79 Å². The molecule has 0 saturated heterocycles. The van der Waals surface area contributed by atoms with Crippen molar-refractivity contribution in [2.24, 2.45) is 0 Å². The first-order valence-corrected chi connectivity index (χ1v) is 10.4. The molecule has 3 heterocycles. The molecule has 166 valence electrons. The number of carbonyl (C=O) groups is 1. The maximum absolute atomic E-state index is 13.3. The number of aromatic nitrogens is 4. The Hall–Kier alpha value is -3.88. The summed E-state index contributed by atoms with van der Waals surface area (Å²) in [7, 11) is 0. The van der Waals surface area contributed by atoms with E-state index in [1.165, 1.54) is 10.8 Å². The second kappa shape index (κ2) is 8.33. The van der Waals surface area contributed by atoms with Gasteiger partial charge in [0.2, 0.25) is 5.91 Å². The topological polar surface area (TPSA) is 104 Å². The van der Waals surface area contributed by atoms with Gasteiger partial charge in [0, 0.05) is 12.2 Å². The van der Waals surface area contributed by atoms with E-state index in [9.17, 15) is 14.4 Å². The van der Waals surface area contributed by atoms with Crippen molar-refractivity contribution in [3.63, 3.8) is 0 Å². The molecule has 4 aromatic rings. The van der Waals surface area contributed by atoms with Crippen LogP contribution in [0.2, 0.25) is 0 Å². The zero-order chi connectivity index (χ0) is 23.0. The number of fused-ring (bicyclic) bond motifs is 1. The molecular weight excluding hydrogens is 410 g/mol. The highest BCUT2D eigenvalue weighted by Gasteiger charge is 2.22. The lowest BCUT2D eigenvalue weighted by Gasteiger charge is -2.14. The molecule has 0 spiro atoms. The fourth-order valence-corrected chi connectivity index (χ4v) is 3.92. The second-order valence-corrected chi connectivity index (χ2v) is 7.80. The van der Waals surface area contributed by atoms with Gasteiger partial charge in [-0.1, -0.05) is 17.7 Å². The third-order valence-electron chi connectivity index (χ3n) is 5.43. The Balaban J connectivity index is 1.82. The molecule has 0 fully saturated rings.